The van der Waals surface area contributed by atoms with Crippen molar-refractivity contribution in [2.45, 2.75) is 0 Å². The number of hydrogen-bond acceptors (Lipinski definition) is 6. The summed E-state index contributed by atoms with van der Waals surface area (Å²) in [7, 11) is 5.39. The minimum Gasteiger partial charge on any atom is -0.382 e. The topological polar surface area (TPSA) is 88.2 Å². The average Bonchev–Trinajstić information content (AvgIpc) is 2.61. The zero-order valence-corrected chi connectivity index (χ0v) is 14.5. The van der Waals surface area contributed by atoms with E-state index in [2.05, 4.69) is 15.0 Å². The number of carbonyl (C=O) groups is 1. The zero-order valence-electron chi connectivity index (χ0n) is 14.5. The third-order valence-corrected chi connectivity index (χ3v) is 3.96. The molecule has 0 bridgehead atoms. The van der Waals surface area contributed by atoms with Gasteiger partial charge in [-0.1, -0.05) is 12.1 Å². The van der Waals surface area contributed by atoms with E-state index in [4.69, 9.17) is 5.73 Å². The van der Waals surface area contributed by atoms with Gasteiger partial charge in [0, 0.05) is 32.4 Å². The van der Waals surface area contributed by atoms with E-state index in [1.807, 2.05) is 48.3 Å². The Morgan fingerprint density at radius 1 is 1.12 bits per heavy atom. The molecule has 3 rings (SSSR count). The van der Waals surface area contributed by atoms with Crippen LogP contribution in [0.1, 0.15) is 0 Å². The van der Waals surface area contributed by atoms with Crippen LogP contribution in [0.3, 0.4) is 0 Å². The van der Waals surface area contributed by atoms with Crippen molar-refractivity contribution in [2.24, 2.45) is 0 Å². The molecule has 2 heterocycles. The first kappa shape index (κ1) is 16.6. The first-order valence-corrected chi connectivity index (χ1v) is 7.84. The van der Waals surface area contributed by atoms with Gasteiger partial charge in [0.05, 0.1) is 17.8 Å². The number of amides is 1. The molecule has 0 saturated carbocycles. The molecular formula is C18H20N6O. The van der Waals surface area contributed by atoms with Crippen LogP contribution in [-0.2, 0) is 4.79 Å². The van der Waals surface area contributed by atoms with Crippen LogP contribution in [-0.4, -0.2) is 53.4 Å². The number of rotatable bonds is 4. The van der Waals surface area contributed by atoms with Gasteiger partial charge in [0.15, 0.2) is 5.82 Å². The zero-order chi connectivity index (χ0) is 18.0. The molecule has 25 heavy (non-hydrogen) atoms. The molecule has 0 saturated heterocycles. The van der Waals surface area contributed by atoms with Crippen molar-refractivity contribution >= 4 is 28.4 Å². The van der Waals surface area contributed by atoms with Crippen molar-refractivity contribution in [1.82, 2.24) is 19.9 Å². The second-order valence-electron chi connectivity index (χ2n) is 6.02. The minimum absolute atomic E-state index is 0.0432. The number of pyridine rings is 1. The Kier molecular flexibility index (Phi) is 4.47. The van der Waals surface area contributed by atoms with E-state index in [0.29, 0.717) is 23.4 Å². The van der Waals surface area contributed by atoms with Gasteiger partial charge in [-0.3, -0.25) is 4.79 Å². The molecule has 0 aliphatic rings. The Hall–Kier alpha value is -3.22. The highest BCUT2D eigenvalue weighted by Crippen LogP contribution is 2.25. The summed E-state index contributed by atoms with van der Waals surface area (Å²) in [6, 6.07) is 11.7. The lowest BCUT2D eigenvalue weighted by atomic mass is 10.1. The standard InChI is InChI=1S/C18H20N6O/c1-23(2)16(25)10-24(3)13-6-4-5-12(9-13)14-7-8-15-17(22-14)18(19)21-11-20-15/h4-9,11H,10H2,1-3H3,(H2,19,20,21). The Morgan fingerprint density at radius 3 is 2.68 bits per heavy atom. The second kappa shape index (κ2) is 6.72. The summed E-state index contributed by atoms with van der Waals surface area (Å²) in [5, 5.41) is 0. The molecule has 128 valence electrons. The SMILES string of the molecule is CN(C)C(=O)CN(C)c1cccc(-c2ccc3ncnc(N)c3n2)c1. The Bertz CT molecular complexity index is 924. The Morgan fingerprint density at radius 2 is 1.92 bits per heavy atom. The van der Waals surface area contributed by atoms with E-state index >= 15 is 0 Å². The molecule has 2 aromatic heterocycles. The van der Waals surface area contributed by atoms with Crippen LogP contribution in [0.4, 0.5) is 11.5 Å². The molecular weight excluding hydrogens is 316 g/mol. The molecule has 0 aliphatic heterocycles. The number of nitrogen functional groups attached to an aromatic ring is 1. The van der Waals surface area contributed by atoms with Gasteiger partial charge in [0.2, 0.25) is 5.91 Å². The molecule has 1 aromatic carbocycles. The fourth-order valence-corrected chi connectivity index (χ4v) is 2.46. The van der Waals surface area contributed by atoms with Crippen LogP contribution >= 0.6 is 0 Å². The number of nitrogens with two attached hydrogens (primary N) is 1. The van der Waals surface area contributed by atoms with Crippen molar-refractivity contribution in [3.05, 3.63) is 42.7 Å². The molecule has 0 aliphatic carbocycles. The summed E-state index contributed by atoms with van der Waals surface area (Å²) in [5.74, 6) is 0.401. The lowest BCUT2D eigenvalue weighted by Gasteiger charge is -2.21. The maximum Gasteiger partial charge on any atom is 0.241 e. The summed E-state index contributed by atoms with van der Waals surface area (Å²) in [6.45, 7) is 0.308. The van der Waals surface area contributed by atoms with Gasteiger partial charge in [-0.15, -0.1) is 0 Å². The number of aromatic nitrogens is 3. The molecule has 0 fully saturated rings. The summed E-state index contributed by atoms with van der Waals surface area (Å²) in [4.78, 5) is 28.1. The van der Waals surface area contributed by atoms with Crippen LogP contribution in [0.15, 0.2) is 42.7 Å². The quantitative estimate of drug-likeness (QED) is 0.781. The van der Waals surface area contributed by atoms with Crippen LogP contribution in [0, 0.1) is 0 Å². The lowest BCUT2D eigenvalue weighted by molar-refractivity contribution is -0.127. The fraction of sp³-hybridized carbons (Fsp3) is 0.222. The van der Waals surface area contributed by atoms with Crippen LogP contribution in [0.5, 0.6) is 0 Å². The van der Waals surface area contributed by atoms with Gasteiger partial charge in [-0.05, 0) is 24.3 Å². The fourth-order valence-electron chi connectivity index (χ4n) is 2.46. The number of carbonyl (C=O) groups excluding carboxylic acids is 1. The highest BCUT2D eigenvalue weighted by atomic mass is 16.2. The number of hydrogen-bond donors (Lipinski definition) is 1. The average molecular weight is 336 g/mol. The van der Waals surface area contributed by atoms with E-state index in [-0.39, 0.29) is 5.91 Å². The smallest absolute Gasteiger partial charge is 0.241 e. The van der Waals surface area contributed by atoms with Crippen molar-refractivity contribution in [3.63, 3.8) is 0 Å². The largest absolute Gasteiger partial charge is 0.382 e. The molecule has 3 aromatic rings. The highest BCUT2D eigenvalue weighted by Gasteiger charge is 2.11. The van der Waals surface area contributed by atoms with E-state index < -0.39 is 0 Å². The molecule has 1 amide bonds. The first-order chi connectivity index (χ1) is 12.0. The molecule has 0 radical (unpaired) electrons. The monoisotopic (exact) mass is 336 g/mol. The first-order valence-electron chi connectivity index (χ1n) is 7.84. The normalized spacial score (nSPS) is 10.7. The second-order valence-corrected chi connectivity index (χ2v) is 6.02. The summed E-state index contributed by atoms with van der Waals surface area (Å²) in [5.41, 5.74) is 9.85. The van der Waals surface area contributed by atoms with Gasteiger partial charge in [0.1, 0.15) is 11.8 Å². The Labute approximate surface area is 146 Å². The van der Waals surface area contributed by atoms with Crippen LogP contribution < -0.4 is 10.6 Å². The highest BCUT2D eigenvalue weighted by molar-refractivity contribution is 5.86. The summed E-state index contributed by atoms with van der Waals surface area (Å²) >= 11 is 0. The van der Waals surface area contributed by atoms with Crippen LogP contribution in [0.25, 0.3) is 22.3 Å². The molecule has 0 atom stereocenters. The summed E-state index contributed by atoms with van der Waals surface area (Å²) < 4.78 is 0. The van der Waals surface area contributed by atoms with Crippen molar-refractivity contribution in [1.29, 1.82) is 0 Å². The number of nitrogens with zero attached hydrogens (tertiary/aromatic N) is 5. The van der Waals surface area contributed by atoms with Crippen molar-refractivity contribution < 1.29 is 4.79 Å². The third-order valence-electron chi connectivity index (χ3n) is 3.96. The molecule has 0 unspecified atom stereocenters. The van der Waals surface area contributed by atoms with Gasteiger partial charge in [-0.25, -0.2) is 15.0 Å². The molecule has 2 N–H and O–H groups in total. The number of fused-ring (bicyclic) bond motifs is 1. The van der Waals surface area contributed by atoms with E-state index in [0.717, 1.165) is 16.9 Å². The predicted molar refractivity (Wildman–Crippen MR) is 99.1 cm³/mol. The summed E-state index contributed by atoms with van der Waals surface area (Å²) in [6.07, 6.45) is 1.43. The number of likely N-dealkylation sites (N-methyl/N-ethyl adjacent to an activating group) is 2. The third kappa shape index (κ3) is 3.50. The maximum absolute atomic E-state index is 11.9. The van der Waals surface area contributed by atoms with Crippen molar-refractivity contribution in [3.8, 4) is 11.3 Å². The van der Waals surface area contributed by atoms with Gasteiger partial charge in [-0.2, -0.15) is 0 Å². The van der Waals surface area contributed by atoms with Crippen LogP contribution in [0.2, 0.25) is 0 Å². The molecule has 7 heteroatoms. The molecule has 7 nitrogen and oxygen atoms in total. The van der Waals surface area contributed by atoms with Gasteiger partial charge < -0.3 is 15.5 Å². The number of anilines is 2. The Balaban J connectivity index is 1.94. The lowest BCUT2D eigenvalue weighted by Crippen LogP contribution is -2.34. The van der Waals surface area contributed by atoms with E-state index in [9.17, 15) is 4.79 Å². The van der Waals surface area contributed by atoms with Gasteiger partial charge >= 0.3 is 0 Å². The van der Waals surface area contributed by atoms with Crippen molar-refractivity contribution in [2.75, 3.05) is 38.3 Å². The van der Waals surface area contributed by atoms with E-state index in [1.54, 1.807) is 19.0 Å². The van der Waals surface area contributed by atoms with Gasteiger partial charge in [0.25, 0.3) is 0 Å². The maximum atomic E-state index is 11.9. The number of benzene rings is 1. The van der Waals surface area contributed by atoms with E-state index in [1.165, 1.54) is 6.33 Å². The molecule has 0 spiro atoms. The minimum atomic E-state index is 0.0432. The predicted octanol–water partition coefficient (Wildman–Crippen LogP) is 1.80.